The predicted octanol–water partition coefficient (Wildman–Crippen LogP) is 1.49. The molecule has 1 unspecified atom stereocenters. The van der Waals surface area contributed by atoms with Crippen LogP contribution in [0, 0.1) is 11.8 Å². The summed E-state index contributed by atoms with van der Waals surface area (Å²) >= 11 is 2.03. The first kappa shape index (κ1) is 13.8. The molecule has 1 aliphatic heterocycles. The van der Waals surface area contributed by atoms with Gasteiger partial charge in [0.05, 0.1) is 0 Å². The van der Waals surface area contributed by atoms with Crippen LogP contribution in [0.3, 0.4) is 0 Å². The third kappa shape index (κ3) is 5.21. The summed E-state index contributed by atoms with van der Waals surface area (Å²) in [5.41, 5.74) is 0. The lowest BCUT2D eigenvalue weighted by Crippen LogP contribution is -2.38. The van der Waals surface area contributed by atoms with Crippen molar-refractivity contribution >= 4 is 17.7 Å². The molecule has 0 aromatic carbocycles. The summed E-state index contributed by atoms with van der Waals surface area (Å²) in [7, 11) is 0. The second-order valence-corrected chi connectivity index (χ2v) is 5.73. The number of amides is 1. The Balaban J connectivity index is 2.12. The molecule has 0 aliphatic carbocycles. The Labute approximate surface area is 103 Å². The van der Waals surface area contributed by atoms with E-state index in [1.807, 2.05) is 18.7 Å². The maximum Gasteiger partial charge on any atom is 0.224 e. The zero-order chi connectivity index (χ0) is 11.8. The second kappa shape index (κ2) is 7.96. The van der Waals surface area contributed by atoms with Gasteiger partial charge in [0.2, 0.25) is 5.91 Å². The van der Waals surface area contributed by atoms with Gasteiger partial charge in [-0.15, -0.1) is 0 Å². The summed E-state index contributed by atoms with van der Waals surface area (Å²) in [4.78, 5) is 11.7. The van der Waals surface area contributed by atoms with Crippen LogP contribution in [0.15, 0.2) is 0 Å². The number of thioether (sulfide) groups is 1. The first-order valence-electron chi connectivity index (χ1n) is 6.30. The minimum absolute atomic E-state index is 0.0814. The van der Waals surface area contributed by atoms with E-state index in [-0.39, 0.29) is 11.8 Å². The highest BCUT2D eigenvalue weighted by atomic mass is 32.2. The molecule has 2 N–H and O–H groups in total. The molecular formula is C12H24N2OS. The number of nitrogens with one attached hydrogen (secondary N) is 2. The molecule has 1 fully saturated rings. The van der Waals surface area contributed by atoms with Crippen LogP contribution in [-0.4, -0.2) is 37.0 Å². The third-order valence-electron chi connectivity index (χ3n) is 3.05. The second-order valence-electron chi connectivity index (χ2n) is 4.51. The highest BCUT2D eigenvalue weighted by Crippen LogP contribution is 2.21. The molecule has 0 bridgehead atoms. The van der Waals surface area contributed by atoms with Crippen LogP contribution in [0.4, 0.5) is 0 Å². The summed E-state index contributed by atoms with van der Waals surface area (Å²) in [6.07, 6.45) is 2.51. The number of rotatable bonds is 6. The molecule has 1 heterocycles. The summed E-state index contributed by atoms with van der Waals surface area (Å²) in [5, 5.41) is 6.28. The van der Waals surface area contributed by atoms with Gasteiger partial charge in [0.1, 0.15) is 0 Å². The fraction of sp³-hybridized carbons (Fsp3) is 0.917. The number of hydrogen-bond donors (Lipinski definition) is 2. The lowest BCUT2D eigenvalue weighted by Gasteiger charge is -2.22. The maximum atomic E-state index is 11.7. The van der Waals surface area contributed by atoms with E-state index in [1.165, 1.54) is 24.3 Å². The summed E-state index contributed by atoms with van der Waals surface area (Å²) in [5.74, 6) is 3.50. The van der Waals surface area contributed by atoms with Gasteiger partial charge >= 0.3 is 0 Å². The van der Waals surface area contributed by atoms with Gasteiger partial charge in [-0.05, 0) is 36.8 Å². The summed E-state index contributed by atoms with van der Waals surface area (Å²) in [6, 6.07) is 0. The highest BCUT2D eigenvalue weighted by Gasteiger charge is 2.16. The van der Waals surface area contributed by atoms with Crippen LogP contribution < -0.4 is 10.6 Å². The fourth-order valence-electron chi connectivity index (χ4n) is 1.82. The van der Waals surface area contributed by atoms with Gasteiger partial charge in [0.15, 0.2) is 0 Å². The van der Waals surface area contributed by atoms with Crippen molar-refractivity contribution in [2.45, 2.75) is 26.7 Å². The van der Waals surface area contributed by atoms with Gasteiger partial charge in [-0.1, -0.05) is 13.8 Å². The standard InChI is InChI=1S/C12H24N2OS/c1-3-13-8-10(2)12(15)14-9-11-4-6-16-7-5-11/h10-11,13H,3-9H2,1-2H3,(H,14,15). The van der Waals surface area contributed by atoms with Crippen LogP contribution in [0.2, 0.25) is 0 Å². The molecule has 1 aliphatic rings. The van der Waals surface area contributed by atoms with E-state index in [1.54, 1.807) is 0 Å². The molecule has 0 aromatic heterocycles. The highest BCUT2D eigenvalue weighted by molar-refractivity contribution is 7.99. The summed E-state index contributed by atoms with van der Waals surface area (Å²) < 4.78 is 0. The molecule has 4 heteroatoms. The maximum absolute atomic E-state index is 11.7. The Morgan fingerprint density at radius 2 is 2.12 bits per heavy atom. The first-order chi connectivity index (χ1) is 7.74. The van der Waals surface area contributed by atoms with Crippen molar-refractivity contribution in [3.8, 4) is 0 Å². The van der Waals surface area contributed by atoms with Gasteiger partial charge < -0.3 is 10.6 Å². The largest absolute Gasteiger partial charge is 0.356 e. The lowest BCUT2D eigenvalue weighted by molar-refractivity contribution is -0.124. The van der Waals surface area contributed by atoms with Crippen LogP contribution in [0.5, 0.6) is 0 Å². The Kier molecular flexibility index (Phi) is 6.88. The molecule has 1 amide bonds. The third-order valence-corrected chi connectivity index (χ3v) is 4.10. The van der Waals surface area contributed by atoms with Crippen molar-refractivity contribution in [2.75, 3.05) is 31.1 Å². The Hall–Kier alpha value is -0.220. The van der Waals surface area contributed by atoms with E-state index in [0.29, 0.717) is 5.92 Å². The fourth-order valence-corrected chi connectivity index (χ4v) is 3.03. The minimum Gasteiger partial charge on any atom is -0.356 e. The van der Waals surface area contributed by atoms with Crippen molar-refractivity contribution in [1.29, 1.82) is 0 Å². The number of carbonyl (C=O) groups is 1. The molecule has 94 valence electrons. The number of hydrogen-bond acceptors (Lipinski definition) is 3. The molecule has 1 saturated heterocycles. The Morgan fingerprint density at radius 1 is 1.44 bits per heavy atom. The van der Waals surface area contributed by atoms with Gasteiger partial charge in [-0.25, -0.2) is 0 Å². The normalized spacial score (nSPS) is 19.4. The van der Waals surface area contributed by atoms with E-state index < -0.39 is 0 Å². The van der Waals surface area contributed by atoms with E-state index in [0.717, 1.165) is 19.6 Å². The van der Waals surface area contributed by atoms with Gasteiger partial charge in [-0.3, -0.25) is 4.79 Å². The summed E-state index contributed by atoms with van der Waals surface area (Å²) in [6.45, 7) is 6.62. The van der Waals surface area contributed by atoms with Crippen molar-refractivity contribution in [1.82, 2.24) is 10.6 Å². The van der Waals surface area contributed by atoms with Crippen LogP contribution in [0.25, 0.3) is 0 Å². The van der Waals surface area contributed by atoms with E-state index in [2.05, 4.69) is 17.6 Å². The van der Waals surface area contributed by atoms with Crippen LogP contribution >= 0.6 is 11.8 Å². The van der Waals surface area contributed by atoms with Crippen LogP contribution in [0.1, 0.15) is 26.7 Å². The van der Waals surface area contributed by atoms with E-state index in [9.17, 15) is 4.79 Å². The zero-order valence-corrected chi connectivity index (χ0v) is 11.2. The zero-order valence-electron chi connectivity index (χ0n) is 10.4. The van der Waals surface area contributed by atoms with Gasteiger partial charge in [0, 0.05) is 19.0 Å². The molecular weight excluding hydrogens is 220 g/mol. The predicted molar refractivity (Wildman–Crippen MR) is 70.8 cm³/mol. The average molecular weight is 244 g/mol. The van der Waals surface area contributed by atoms with Crippen molar-refractivity contribution < 1.29 is 4.79 Å². The van der Waals surface area contributed by atoms with Crippen molar-refractivity contribution in [3.63, 3.8) is 0 Å². The molecule has 3 nitrogen and oxygen atoms in total. The SMILES string of the molecule is CCNCC(C)C(=O)NCC1CCSCC1. The molecule has 1 rings (SSSR count). The van der Waals surface area contributed by atoms with Gasteiger partial charge in [-0.2, -0.15) is 11.8 Å². The quantitative estimate of drug-likeness (QED) is 0.744. The van der Waals surface area contributed by atoms with Crippen molar-refractivity contribution in [3.05, 3.63) is 0 Å². The molecule has 0 radical (unpaired) electrons. The molecule has 1 atom stereocenters. The number of carbonyl (C=O) groups excluding carboxylic acids is 1. The topological polar surface area (TPSA) is 41.1 Å². The molecule has 0 aromatic rings. The molecule has 16 heavy (non-hydrogen) atoms. The first-order valence-corrected chi connectivity index (χ1v) is 7.45. The lowest BCUT2D eigenvalue weighted by atomic mass is 10.0. The Bertz CT molecular complexity index is 205. The van der Waals surface area contributed by atoms with E-state index in [4.69, 9.17) is 0 Å². The van der Waals surface area contributed by atoms with E-state index >= 15 is 0 Å². The molecule has 0 saturated carbocycles. The van der Waals surface area contributed by atoms with Crippen LogP contribution in [-0.2, 0) is 4.79 Å². The van der Waals surface area contributed by atoms with Gasteiger partial charge in [0.25, 0.3) is 0 Å². The molecule has 0 spiro atoms. The van der Waals surface area contributed by atoms with Crippen molar-refractivity contribution in [2.24, 2.45) is 11.8 Å². The average Bonchev–Trinajstić information content (AvgIpc) is 2.34. The Morgan fingerprint density at radius 3 is 2.75 bits per heavy atom. The monoisotopic (exact) mass is 244 g/mol. The smallest absolute Gasteiger partial charge is 0.224 e. The minimum atomic E-state index is 0.0814.